The Kier molecular flexibility index (Phi) is 7.85. The molecule has 0 unspecified atom stereocenters. The first-order valence-corrected chi connectivity index (χ1v) is 12.3. The molecule has 3 rings (SSSR count). The highest BCUT2D eigenvalue weighted by molar-refractivity contribution is 7.99. The van der Waals surface area contributed by atoms with Crippen LogP contribution in [-0.2, 0) is 10.0 Å². The van der Waals surface area contributed by atoms with Crippen molar-refractivity contribution in [1.82, 2.24) is 9.62 Å². The second-order valence-corrected chi connectivity index (χ2v) is 10.1. The van der Waals surface area contributed by atoms with Crippen molar-refractivity contribution in [2.75, 3.05) is 25.4 Å². The van der Waals surface area contributed by atoms with Crippen LogP contribution in [-0.4, -0.2) is 44.0 Å². The molecule has 1 fully saturated rings. The summed E-state index contributed by atoms with van der Waals surface area (Å²) in [6, 6.07) is 9.61. The third-order valence-corrected chi connectivity index (χ3v) is 7.83. The Balaban J connectivity index is 1.55. The smallest absolute Gasteiger partial charge is 0.251 e. The van der Waals surface area contributed by atoms with Crippen molar-refractivity contribution in [3.8, 4) is 0 Å². The van der Waals surface area contributed by atoms with Gasteiger partial charge in [-0.2, -0.15) is 4.31 Å². The largest absolute Gasteiger partial charge is 0.352 e. The number of hydrogen-bond acceptors (Lipinski definition) is 4. The number of thioether (sulfide) groups is 1. The molecule has 0 aromatic heterocycles. The number of sulfonamides is 1. The lowest BCUT2D eigenvalue weighted by atomic mass is 10.2. The topological polar surface area (TPSA) is 66.5 Å². The summed E-state index contributed by atoms with van der Waals surface area (Å²) in [7, 11) is -3.96. The van der Waals surface area contributed by atoms with E-state index in [1.165, 1.54) is 22.5 Å². The molecule has 1 amide bonds. The lowest BCUT2D eigenvalue weighted by Gasteiger charge is -2.26. The number of hydrogen-bond donors (Lipinski definition) is 1. The van der Waals surface area contributed by atoms with Gasteiger partial charge < -0.3 is 5.32 Å². The second-order valence-electron chi connectivity index (χ2n) is 7.02. The fraction of sp³-hybridized carbons (Fsp3) is 0.381. The Bertz CT molecular complexity index is 976. The van der Waals surface area contributed by atoms with Gasteiger partial charge in [-0.05, 0) is 67.5 Å². The van der Waals surface area contributed by atoms with E-state index < -0.39 is 26.6 Å². The maximum absolute atomic E-state index is 14.3. The fourth-order valence-corrected chi connectivity index (χ4v) is 5.64. The zero-order valence-corrected chi connectivity index (χ0v) is 18.1. The molecule has 1 heterocycles. The Hall–Kier alpha value is -1.97. The van der Waals surface area contributed by atoms with E-state index in [1.54, 1.807) is 23.9 Å². The molecule has 1 N–H and O–H groups in total. The molecule has 0 atom stereocenters. The summed E-state index contributed by atoms with van der Waals surface area (Å²) < 4.78 is 54.0. The average molecular weight is 455 g/mol. The van der Waals surface area contributed by atoms with Crippen molar-refractivity contribution in [1.29, 1.82) is 0 Å². The highest BCUT2D eigenvalue weighted by Gasteiger charge is 2.29. The quantitative estimate of drug-likeness (QED) is 0.483. The third kappa shape index (κ3) is 5.80. The highest BCUT2D eigenvalue weighted by Crippen LogP contribution is 2.24. The standard InChI is InChI=1S/C21H24F2N2O3S2/c22-17-6-8-18(9-7-17)29-14-4-11-24-21(26)16-5-10-19(23)20(15-16)30(27,28)25-12-2-1-3-13-25/h5-10,15H,1-4,11-14H2,(H,24,26). The SMILES string of the molecule is O=C(NCCCSc1ccc(F)cc1)c1ccc(F)c(S(=O)(=O)N2CCCCC2)c1. The summed E-state index contributed by atoms with van der Waals surface area (Å²) in [5.74, 6) is -0.860. The predicted molar refractivity (Wildman–Crippen MR) is 113 cm³/mol. The first-order valence-electron chi connectivity index (χ1n) is 9.84. The van der Waals surface area contributed by atoms with Crippen molar-refractivity contribution >= 4 is 27.7 Å². The van der Waals surface area contributed by atoms with Gasteiger partial charge in [0.15, 0.2) is 0 Å². The van der Waals surface area contributed by atoms with Gasteiger partial charge in [-0.15, -0.1) is 11.8 Å². The number of carbonyl (C=O) groups is 1. The van der Waals surface area contributed by atoms with Gasteiger partial charge in [0.05, 0.1) is 0 Å². The van der Waals surface area contributed by atoms with Crippen molar-refractivity contribution in [2.24, 2.45) is 0 Å². The third-order valence-electron chi connectivity index (χ3n) is 4.82. The van der Waals surface area contributed by atoms with Crippen LogP contribution in [0.25, 0.3) is 0 Å². The minimum atomic E-state index is -3.96. The van der Waals surface area contributed by atoms with Crippen LogP contribution in [0.2, 0.25) is 0 Å². The molecule has 1 aliphatic rings. The number of piperidine rings is 1. The molecular formula is C21H24F2N2O3S2. The second kappa shape index (κ2) is 10.4. The lowest BCUT2D eigenvalue weighted by Crippen LogP contribution is -2.36. The number of amides is 1. The highest BCUT2D eigenvalue weighted by atomic mass is 32.2. The minimum absolute atomic E-state index is 0.109. The summed E-state index contributed by atoms with van der Waals surface area (Å²) in [5, 5.41) is 2.73. The van der Waals surface area contributed by atoms with E-state index in [0.29, 0.717) is 26.1 Å². The molecule has 5 nitrogen and oxygen atoms in total. The average Bonchev–Trinajstić information content (AvgIpc) is 2.75. The van der Waals surface area contributed by atoms with Gasteiger partial charge in [-0.3, -0.25) is 4.79 Å². The van der Waals surface area contributed by atoms with Gasteiger partial charge in [0.25, 0.3) is 5.91 Å². The van der Waals surface area contributed by atoms with E-state index >= 15 is 0 Å². The first kappa shape index (κ1) is 22.7. The molecular weight excluding hydrogens is 430 g/mol. The van der Waals surface area contributed by atoms with Crippen LogP contribution in [0.3, 0.4) is 0 Å². The minimum Gasteiger partial charge on any atom is -0.352 e. The molecule has 0 saturated carbocycles. The Morgan fingerprint density at radius 3 is 2.43 bits per heavy atom. The molecule has 0 radical (unpaired) electrons. The molecule has 0 spiro atoms. The van der Waals surface area contributed by atoms with Gasteiger partial charge in [0.2, 0.25) is 10.0 Å². The molecule has 2 aromatic carbocycles. The van der Waals surface area contributed by atoms with Gasteiger partial charge in [-0.25, -0.2) is 17.2 Å². The van der Waals surface area contributed by atoms with Crippen LogP contribution in [0.1, 0.15) is 36.0 Å². The Morgan fingerprint density at radius 2 is 1.73 bits per heavy atom. The number of nitrogens with one attached hydrogen (secondary N) is 1. The predicted octanol–water partition coefficient (Wildman–Crippen LogP) is 4.05. The van der Waals surface area contributed by atoms with E-state index in [-0.39, 0.29) is 11.4 Å². The van der Waals surface area contributed by atoms with Crippen molar-refractivity contribution in [2.45, 2.75) is 35.5 Å². The van der Waals surface area contributed by atoms with E-state index in [9.17, 15) is 22.0 Å². The van der Waals surface area contributed by atoms with E-state index in [0.717, 1.165) is 42.0 Å². The zero-order chi connectivity index (χ0) is 21.6. The maximum atomic E-state index is 14.3. The molecule has 0 bridgehead atoms. The van der Waals surface area contributed by atoms with Gasteiger partial charge in [-0.1, -0.05) is 6.42 Å². The summed E-state index contributed by atoms with van der Waals surface area (Å²) in [5.41, 5.74) is 0.109. The van der Waals surface area contributed by atoms with Crippen LogP contribution in [0.4, 0.5) is 8.78 Å². The summed E-state index contributed by atoms with van der Waals surface area (Å²) in [4.78, 5) is 12.9. The molecule has 2 aromatic rings. The van der Waals surface area contributed by atoms with E-state index in [4.69, 9.17) is 0 Å². The molecule has 30 heavy (non-hydrogen) atoms. The number of rotatable bonds is 8. The Morgan fingerprint density at radius 1 is 1.03 bits per heavy atom. The van der Waals surface area contributed by atoms with Crippen LogP contribution in [0, 0.1) is 11.6 Å². The summed E-state index contributed by atoms with van der Waals surface area (Å²) >= 11 is 1.55. The van der Waals surface area contributed by atoms with Crippen molar-refractivity contribution in [3.05, 3.63) is 59.7 Å². The van der Waals surface area contributed by atoms with Crippen molar-refractivity contribution in [3.63, 3.8) is 0 Å². The molecule has 1 saturated heterocycles. The fourth-order valence-electron chi connectivity index (χ4n) is 3.18. The number of nitrogens with zero attached hydrogens (tertiary/aromatic N) is 1. The van der Waals surface area contributed by atoms with Crippen LogP contribution in [0.15, 0.2) is 52.3 Å². The normalized spacial score (nSPS) is 15.1. The molecule has 162 valence electrons. The summed E-state index contributed by atoms with van der Waals surface area (Å²) in [6.07, 6.45) is 3.12. The first-order chi connectivity index (χ1) is 14.4. The number of halogens is 2. The zero-order valence-electron chi connectivity index (χ0n) is 16.4. The van der Waals surface area contributed by atoms with Gasteiger partial charge in [0, 0.05) is 30.1 Å². The summed E-state index contributed by atoms with van der Waals surface area (Å²) in [6.45, 7) is 1.12. The molecule has 0 aliphatic carbocycles. The van der Waals surface area contributed by atoms with Crippen LogP contribution in [0.5, 0.6) is 0 Å². The van der Waals surface area contributed by atoms with Crippen LogP contribution >= 0.6 is 11.8 Å². The Labute approximate surface area is 179 Å². The van der Waals surface area contributed by atoms with Crippen LogP contribution < -0.4 is 5.32 Å². The molecule has 9 heteroatoms. The number of carbonyl (C=O) groups excluding carboxylic acids is 1. The number of benzene rings is 2. The van der Waals surface area contributed by atoms with Crippen molar-refractivity contribution < 1.29 is 22.0 Å². The molecule has 1 aliphatic heterocycles. The van der Waals surface area contributed by atoms with E-state index in [1.807, 2.05) is 0 Å². The maximum Gasteiger partial charge on any atom is 0.251 e. The van der Waals surface area contributed by atoms with Gasteiger partial charge >= 0.3 is 0 Å². The van der Waals surface area contributed by atoms with E-state index in [2.05, 4.69) is 5.32 Å². The van der Waals surface area contributed by atoms with Gasteiger partial charge in [0.1, 0.15) is 16.5 Å². The monoisotopic (exact) mass is 454 g/mol. The lowest BCUT2D eigenvalue weighted by molar-refractivity contribution is 0.0953.